The van der Waals surface area contributed by atoms with Crippen molar-refractivity contribution < 1.29 is 14.0 Å². The molecule has 1 aromatic carbocycles. The number of allylic oxidation sites excluding steroid dienone is 1. The van der Waals surface area contributed by atoms with Gasteiger partial charge in [0.15, 0.2) is 5.78 Å². The number of hydrogen-bond acceptors (Lipinski definition) is 3. The maximum absolute atomic E-state index is 14.1. The standard InChI is InChI=1S/C17H21FN2O2/c1-12(2)10-17(22)20-8-6-19(7-9-20)16-5-4-14(13(3)21)11-15(16)18/h4-5,10-11H,6-9H2,1-3H3. The van der Waals surface area contributed by atoms with E-state index in [1.807, 2.05) is 18.7 Å². The summed E-state index contributed by atoms with van der Waals surface area (Å²) in [4.78, 5) is 26.9. The molecule has 1 aliphatic rings. The largest absolute Gasteiger partial charge is 0.366 e. The Kier molecular flexibility index (Phi) is 4.96. The fraction of sp³-hybridized carbons (Fsp3) is 0.412. The fourth-order valence-corrected chi connectivity index (χ4v) is 2.49. The summed E-state index contributed by atoms with van der Waals surface area (Å²) in [5, 5.41) is 0. The highest BCUT2D eigenvalue weighted by atomic mass is 19.1. The van der Waals surface area contributed by atoms with E-state index in [0.717, 1.165) is 5.57 Å². The molecule has 0 aliphatic carbocycles. The minimum Gasteiger partial charge on any atom is -0.366 e. The zero-order valence-electron chi connectivity index (χ0n) is 13.2. The maximum atomic E-state index is 14.1. The van der Waals surface area contributed by atoms with Gasteiger partial charge in [0.25, 0.3) is 0 Å². The first-order valence-electron chi connectivity index (χ1n) is 7.37. The van der Waals surface area contributed by atoms with Gasteiger partial charge in [0.1, 0.15) is 5.82 Å². The Bertz CT molecular complexity index is 613. The van der Waals surface area contributed by atoms with Crippen LogP contribution in [0.5, 0.6) is 0 Å². The molecule has 0 spiro atoms. The van der Waals surface area contributed by atoms with Gasteiger partial charge in [-0.15, -0.1) is 0 Å². The molecule has 2 rings (SSSR count). The number of amides is 1. The number of anilines is 1. The molecule has 0 atom stereocenters. The normalized spacial score (nSPS) is 14.7. The highest BCUT2D eigenvalue weighted by Crippen LogP contribution is 2.22. The minimum absolute atomic E-state index is 0.00653. The fourth-order valence-electron chi connectivity index (χ4n) is 2.49. The summed E-state index contributed by atoms with van der Waals surface area (Å²) in [6.45, 7) is 7.49. The summed E-state index contributed by atoms with van der Waals surface area (Å²) in [5.74, 6) is -0.536. The number of carbonyl (C=O) groups excluding carboxylic acids is 2. The Labute approximate surface area is 130 Å². The van der Waals surface area contributed by atoms with Crippen LogP contribution in [-0.4, -0.2) is 42.8 Å². The Hall–Kier alpha value is -2.17. The summed E-state index contributed by atoms with van der Waals surface area (Å²) in [6.07, 6.45) is 1.62. The molecule has 118 valence electrons. The Morgan fingerprint density at radius 1 is 1.09 bits per heavy atom. The van der Waals surface area contributed by atoms with Crippen molar-refractivity contribution >= 4 is 17.4 Å². The van der Waals surface area contributed by atoms with Crippen LogP contribution in [0.2, 0.25) is 0 Å². The Balaban J connectivity index is 2.04. The molecule has 1 aromatic rings. The quantitative estimate of drug-likeness (QED) is 0.637. The molecule has 0 radical (unpaired) electrons. The number of benzene rings is 1. The van der Waals surface area contributed by atoms with Crippen LogP contribution in [-0.2, 0) is 4.79 Å². The van der Waals surface area contributed by atoms with Crippen LogP contribution < -0.4 is 4.90 Å². The summed E-state index contributed by atoms with van der Waals surface area (Å²) < 4.78 is 14.1. The predicted molar refractivity (Wildman–Crippen MR) is 84.6 cm³/mol. The van der Waals surface area contributed by atoms with E-state index < -0.39 is 5.82 Å². The molecule has 0 aromatic heterocycles. The van der Waals surface area contributed by atoms with E-state index in [9.17, 15) is 14.0 Å². The van der Waals surface area contributed by atoms with E-state index in [1.54, 1.807) is 23.1 Å². The molecule has 0 saturated carbocycles. The monoisotopic (exact) mass is 304 g/mol. The lowest BCUT2D eigenvalue weighted by Crippen LogP contribution is -2.48. The zero-order valence-corrected chi connectivity index (χ0v) is 13.2. The first-order chi connectivity index (χ1) is 10.4. The molecule has 5 heteroatoms. The van der Waals surface area contributed by atoms with Crippen LogP contribution in [0.1, 0.15) is 31.1 Å². The van der Waals surface area contributed by atoms with E-state index >= 15 is 0 Å². The molecule has 1 amide bonds. The van der Waals surface area contributed by atoms with Crippen molar-refractivity contribution in [1.29, 1.82) is 0 Å². The second kappa shape index (κ2) is 6.73. The number of ketones is 1. The second-order valence-electron chi connectivity index (χ2n) is 5.76. The third kappa shape index (κ3) is 3.72. The lowest BCUT2D eigenvalue weighted by molar-refractivity contribution is -0.126. The summed E-state index contributed by atoms with van der Waals surface area (Å²) >= 11 is 0. The average Bonchev–Trinajstić information content (AvgIpc) is 2.46. The highest BCUT2D eigenvalue weighted by Gasteiger charge is 2.22. The number of hydrogen-bond donors (Lipinski definition) is 0. The van der Waals surface area contributed by atoms with Crippen molar-refractivity contribution in [3.63, 3.8) is 0 Å². The molecule has 0 N–H and O–H groups in total. The van der Waals surface area contributed by atoms with Gasteiger partial charge in [0.2, 0.25) is 5.91 Å². The first-order valence-corrected chi connectivity index (χ1v) is 7.37. The van der Waals surface area contributed by atoms with Gasteiger partial charge in [-0.2, -0.15) is 0 Å². The van der Waals surface area contributed by atoms with E-state index in [0.29, 0.717) is 37.4 Å². The van der Waals surface area contributed by atoms with Crippen LogP contribution in [0.25, 0.3) is 0 Å². The van der Waals surface area contributed by atoms with Gasteiger partial charge in [-0.25, -0.2) is 4.39 Å². The molecule has 1 heterocycles. The van der Waals surface area contributed by atoms with Gasteiger partial charge < -0.3 is 9.80 Å². The first kappa shape index (κ1) is 16.2. The van der Waals surface area contributed by atoms with E-state index in [1.165, 1.54) is 13.0 Å². The zero-order chi connectivity index (χ0) is 16.3. The number of rotatable bonds is 3. The van der Waals surface area contributed by atoms with Crippen molar-refractivity contribution in [3.8, 4) is 0 Å². The lowest BCUT2D eigenvalue weighted by atomic mass is 10.1. The average molecular weight is 304 g/mol. The van der Waals surface area contributed by atoms with Crippen LogP contribution in [0.4, 0.5) is 10.1 Å². The SMILES string of the molecule is CC(=O)c1ccc(N2CCN(C(=O)C=C(C)C)CC2)c(F)c1. The topological polar surface area (TPSA) is 40.6 Å². The lowest BCUT2D eigenvalue weighted by Gasteiger charge is -2.36. The van der Waals surface area contributed by atoms with Crippen LogP contribution in [0.3, 0.4) is 0 Å². The smallest absolute Gasteiger partial charge is 0.246 e. The molecule has 22 heavy (non-hydrogen) atoms. The number of carbonyl (C=O) groups is 2. The third-order valence-corrected chi connectivity index (χ3v) is 3.70. The molecule has 0 unspecified atom stereocenters. The second-order valence-corrected chi connectivity index (χ2v) is 5.76. The maximum Gasteiger partial charge on any atom is 0.246 e. The molecule has 1 aliphatic heterocycles. The summed E-state index contributed by atoms with van der Waals surface area (Å²) in [6, 6.07) is 4.56. The van der Waals surface area contributed by atoms with E-state index in [4.69, 9.17) is 0 Å². The highest BCUT2D eigenvalue weighted by molar-refractivity contribution is 5.94. The van der Waals surface area contributed by atoms with Gasteiger partial charge in [-0.3, -0.25) is 9.59 Å². The third-order valence-electron chi connectivity index (χ3n) is 3.70. The van der Waals surface area contributed by atoms with Crippen molar-refractivity contribution in [2.45, 2.75) is 20.8 Å². The van der Waals surface area contributed by atoms with Crippen LogP contribution in [0.15, 0.2) is 29.8 Å². The van der Waals surface area contributed by atoms with Gasteiger partial charge in [0.05, 0.1) is 5.69 Å². The van der Waals surface area contributed by atoms with Gasteiger partial charge in [-0.05, 0) is 39.0 Å². The molecule has 4 nitrogen and oxygen atoms in total. The van der Waals surface area contributed by atoms with Crippen molar-refractivity contribution in [3.05, 3.63) is 41.2 Å². The molecular weight excluding hydrogens is 283 g/mol. The van der Waals surface area contributed by atoms with Gasteiger partial charge in [0, 0.05) is 37.8 Å². The van der Waals surface area contributed by atoms with E-state index in [2.05, 4.69) is 0 Å². The Morgan fingerprint density at radius 3 is 2.23 bits per heavy atom. The van der Waals surface area contributed by atoms with Crippen molar-refractivity contribution in [1.82, 2.24) is 4.90 Å². The molecule has 1 fully saturated rings. The Morgan fingerprint density at radius 2 is 1.73 bits per heavy atom. The molecule has 0 bridgehead atoms. The number of halogens is 1. The summed E-state index contributed by atoms with van der Waals surface area (Å²) in [7, 11) is 0. The van der Waals surface area contributed by atoms with Crippen LogP contribution in [0, 0.1) is 5.82 Å². The molecular formula is C17H21FN2O2. The predicted octanol–water partition coefficient (Wildman–Crippen LogP) is 2.64. The van der Waals surface area contributed by atoms with Gasteiger partial charge in [-0.1, -0.05) is 5.57 Å². The number of Topliss-reactive ketones (excluding diaryl/α,β-unsaturated/α-hetero) is 1. The number of nitrogens with zero attached hydrogens (tertiary/aromatic N) is 2. The summed E-state index contributed by atoms with van der Waals surface area (Å²) in [5.41, 5.74) is 1.83. The van der Waals surface area contributed by atoms with Crippen molar-refractivity contribution in [2.75, 3.05) is 31.1 Å². The van der Waals surface area contributed by atoms with Crippen LogP contribution >= 0.6 is 0 Å². The number of piperazine rings is 1. The van der Waals surface area contributed by atoms with Crippen molar-refractivity contribution in [2.24, 2.45) is 0 Å². The minimum atomic E-state index is -0.392. The van der Waals surface area contributed by atoms with E-state index in [-0.39, 0.29) is 11.7 Å². The molecule has 1 saturated heterocycles. The van der Waals surface area contributed by atoms with Gasteiger partial charge >= 0.3 is 0 Å².